The van der Waals surface area contributed by atoms with Gasteiger partial charge < -0.3 is 9.64 Å². The first-order valence-corrected chi connectivity index (χ1v) is 13.3. The zero-order valence-corrected chi connectivity index (χ0v) is 21.1. The third kappa shape index (κ3) is 3.92. The van der Waals surface area contributed by atoms with Crippen LogP contribution in [0.15, 0.2) is 46.7 Å². The summed E-state index contributed by atoms with van der Waals surface area (Å²) < 4.78 is 36.6. The van der Waals surface area contributed by atoms with E-state index < -0.39 is 10.0 Å². The summed E-state index contributed by atoms with van der Waals surface area (Å²) in [6, 6.07) is 13.0. The van der Waals surface area contributed by atoms with Gasteiger partial charge in [-0.3, -0.25) is 0 Å². The summed E-state index contributed by atoms with van der Waals surface area (Å²) in [6.07, 6.45) is 0. The van der Waals surface area contributed by atoms with Crippen molar-refractivity contribution in [1.29, 1.82) is 0 Å². The van der Waals surface area contributed by atoms with Gasteiger partial charge in [0.1, 0.15) is 16.6 Å². The second-order valence-corrected chi connectivity index (χ2v) is 11.2. The molecular formula is C24H27ClN2O3S2. The van der Waals surface area contributed by atoms with E-state index in [-0.39, 0.29) is 0 Å². The lowest BCUT2D eigenvalue weighted by atomic mass is 10.2. The summed E-state index contributed by atoms with van der Waals surface area (Å²) in [4.78, 5) is 2.27. The summed E-state index contributed by atoms with van der Waals surface area (Å²) in [7, 11) is -3.83. The van der Waals surface area contributed by atoms with Crippen LogP contribution in [0, 0.1) is 13.8 Å². The lowest BCUT2D eigenvalue weighted by molar-refractivity contribution is 0.223. The van der Waals surface area contributed by atoms with Gasteiger partial charge in [0.15, 0.2) is 0 Å². The molecule has 0 radical (unpaired) electrons. The van der Waals surface area contributed by atoms with Crippen molar-refractivity contribution in [2.24, 2.45) is 0 Å². The average Bonchev–Trinajstić information content (AvgIpc) is 3.26. The molecule has 0 aliphatic heterocycles. The number of hydrogen-bond acceptors (Lipinski definition) is 5. The Hall–Kier alpha value is -2.06. The normalized spacial score (nSPS) is 12.3. The van der Waals surface area contributed by atoms with Gasteiger partial charge in [0, 0.05) is 21.7 Å². The van der Waals surface area contributed by atoms with Gasteiger partial charge in [0.2, 0.25) is 0 Å². The van der Waals surface area contributed by atoms with Gasteiger partial charge in [0.05, 0.1) is 11.2 Å². The SMILES string of the molecule is CCN(CC)CCOc1c(C)n(S(=O)(=O)c2sc3ccc(Cl)cc3c2C)c2ccccc12. The number of nitrogens with zero attached hydrogens (tertiary/aromatic N) is 2. The van der Waals surface area contributed by atoms with Crippen molar-refractivity contribution in [3.05, 3.63) is 58.7 Å². The van der Waals surface area contributed by atoms with Crippen LogP contribution in [-0.2, 0) is 10.0 Å². The molecule has 0 bridgehead atoms. The van der Waals surface area contributed by atoms with E-state index in [4.69, 9.17) is 16.3 Å². The lowest BCUT2D eigenvalue weighted by Gasteiger charge is -2.18. The fraction of sp³-hybridized carbons (Fsp3) is 0.333. The standard InChI is InChI=1S/C24H27ClN2O3S2/c1-5-26(6-2)13-14-30-23-17(4)27(21-10-8-7-9-19(21)23)32(28,29)24-16(3)20-15-18(25)11-12-22(20)31-24/h7-12,15H,5-6,13-14H2,1-4H3. The van der Waals surface area contributed by atoms with E-state index in [1.165, 1.54) is 15.3 Å². The Labute approximate surface area is 198 Å². The summed E-state index contributed by atoms with van der Waals surface area (Å²) in [5, 5.41) is 2.26. The van der Waals surface area contributed by atoms with E-state index in [2.05, 4.69) is 18.7 Å². The molecule has 0 spiro atoms. The number of benzene rings is 2. The molecule has 170 valence electrons. The molecular weight excluding hydrogens is 464 g/mol. The van der Waals surface area contributed by atoms with E-state index in [0.717, 1.165) is 35.1 Å². The molecule has 2 aromatic carbocycles. The molecule has 32 heavy (non-hydrogen) atoms. The number of halogens is 1. The minimum atomic E-state index is -3.83. The molecule has 2 aromatic heterocycles. The number of para-hydroxylation sites is 1. The molecule has 0 atom stereocenters. The topological polar surface area (TPSA) is 51.5 Å². The van der Waals surface area contributed by atoms with E-state index in [1.54, 1.807) is 6.07 Å². The zero-order chi connectivity index (χ0) is 23.0. The maximum Gasteiger partial charge on any atom is 0.278 e. The van der Waals surface area contributed by atoms with Gasteiger partial charge in [-0.1, -0.05) is 37.6 Å². The highest BCUT2D eigenvalue weighted by atomic mass is 35.5. The number of aryl methyl sites for hydroxylation is 1. The van der Waals surface area contributed by atoms with Crippen molar-refractivity contribution in [2.75, 3.05) is 26.2 Å². The summed E-state index contributed by atoms with van der Waals surface area (Å²) >= 11 is 7.43. The fourth-order valence-corrected chi connectivity index (χ4v) is 7.65. The molecule has 0 amide bonds. The highest BCUT2D eigenvalue weighted by Crippen LogP contribution is 2.40. The Bertz CT molecular complexity index is 1390. The smallest absolute Gasteiger partial charge is 0.278 e. The van der Waals surface area contributed by atoms with Crippen LogP contribution >= 0.6 is 22.9 Å². The third-order valence-electron chi connectivity index (χ3n) is 5.88. The molecule has 2 heterocycles. The predicted molar refractivity (Wildman–Crippen MR) is 134 cm³/mol. The van der Waals surface area contributed by atoms with Crippen molar-refractivity contribution in [3.8, 4) is 5.75 Å². The molecule has 5 nitrogen and oxygen atoms in total. The Morgan fingerprint density at radius 2 is 1.78 bits per heavy atom. The Kier molecular flexibility index (Phi) is 6.54. The van der Waals surface area contributed by atoms with Crippen LogP contribution in [-0.4, -0.2) is 43.5 Å². The molecule has 0 aliphatic carbocycles. The van der Waals surface area contributed by atoms with E-state index in [1.807, 2.05) is 50.2 Å². The highest BCUT2D eigenvalue weighted by molar-refractivity contribution is 7.92. The molecule has 0 N–H and O–H groups in total. The fourth-order valence-electron chi connectivity index (χ4n) is 4.12. The number of fused-ring (bicyclic) bond motifs is 2. The number of aromatic nitrogens is 1. The molecule has 4 rings (SSSR count). The van der Waals surface area contributed by atoms with Crippen LogP contribution in [0.5, 0.6) is 5.75 Å². The molecule has 0 aliphatic rings. The van der Waals surface area contributed by atoms with Crippen LogP contribution in [0.2, 0.25) is 5.02 Å². The Morgan fingerprint density at radius 3 is 2.50 bits per heavy atom. The molecule has 4 aromatic rings. The van der Waals surface area contributed by atoms with Crippen molar-refractivity contribution >= 4 is 54.0 Å². The first-order chi connectivity index (χ1) is 15.3. The first kappa shape index (κ1) is 23.1. The number of ether oxygens (including phenoxy) is 1. The van der Waals surface area contributed by atoms with Crippen molar-refractivity contribution in [2.45, 2.75) is 31.9 Å². The predicted octanol–water partition coefficient (Wildman–Crippen LogP) is 6.08. The van der Waals surface area contributed by atoms with Gasteiger partial charge in [-0.25, -0.2) is 3.97 Å². The first-order valence-electron chi connectivity index (χ1n) is 10.7. The summed E-state index contributed by atoms with van der Waals surface area (Å²) in [5.41, 5.74) is 1.92. The van der Waals surface area contributed by atoms with Gasteiger partial charge in [0.25, 0.3) is 10.0 Å². The van der Waals surface area contributed by atoms with Gasteiger partial charge >= 0.3 is 0 Å². The summed E-state index contributed by atoms with van der Waals surface area (Å²) in [5.74, 6) is 0.623. The number of likely N-dealkylation sites (N-methyl/N-ethyl adjacent to an activating group) is 1. The van der Waals surface area contributed by atoms with Crippen LogP contribution in [0.4, 0.5) is 0 Å². The van der Waals surface area contributed by atoms with Gasteiger partial charge in [-0.05, 0) is 68.2 Å². The van der Waals surface area contributed by atoms with Crippen molar-refractivity contribution in [1.82, 2.24) is 8.87 Å². The van der Waals surface area contributed by atoms with Gasteiger partial charge in [-0.15, -0.1) is 11.3 Å². The highest BCUT2D eigenvalue weighted by Gasteiger charge is 2.29. The second kappa shape index (κ2) is 9.06. The minimum absolute atomic E-state index is 0.327. The Balaban J connectivity index is 1.82. The van der Waals surface area contributed by atoms with E-state index >= 15 is 0 Å². The summed E-state index contributed by atoms with van der Waals surface area (Å²) in [6.45, 7) is 11.1. The largest absolute Gasteiger partial charge is 0.490 e. The average molecular weight is 491 g/mol. The van der Waals surface area contributed by atoms with E-state index in [9.17, 15) is 8.42 Å². The molecule has 8 heteroatoms. The van der Waals surface area contributed by atoms with Crippen LogP contribution in [0.3, 0.4) is 0 Å². The van der Waals surface area contributed by atoms with Gasteiger partial charge in [-0.2, -0.15) is 8.42 Å². The molecule has 0 saturated carbocycles. The second-order valence-electron chi connectivity index (χ2n) is 7.73. The minimum Gasteiger partial charge on any atom is -0.490 e. The molecule has 0 unspecified atom stereocenters. The number of thiophene rings is 1. The van der Waals surface area contributed by atoms with Crippen LogP contribution in [0.25, 0.3) is 21.0 Å². The maximum absolute atomic E-state index is 13.9. The number of hydrogen-bond donors (Lipinski definition) is 0. The monoisotopic (exact) mass is 490 g/mol. The Morgan fingerprint density at radius 1 is 1.06 bits per heavy atom. The van der Waals surface area contributed by atoms with Crippen molar-refractivity contribution < 1.29 is 13.2 Å². The van der Waals surface area contributed by atoms with Crippen molar-refractivity contribution in [3.63, 3.8) is 0 Å². The maximum atomic E-state index is 13.9. The third-order valence-corrected chi connectivity index (χ3v) is 9.79. The van der Waals surface area contributed by atoms with Crippen LogP contribution < -0.4 is 4.74 Å². The van der Waals surface area contributed by atoms with E-state index in [0.29, 0.717) is 38.4 Å². The zero-order valence-electron chi connectivity index (χ0n) is 18.7. The number of rotatable bonds is 8. The molecule has 0 fully saturated rings. The van der Waals surface area contributed by atoms with Crippen LogP contribution in [0.1, 0.15) is 25.1 Å². The lowest BCUT2D eigenvalue weighted by Crippen LogP contribution is -2.28. The quantitative estimate of drug-likeness (QED) is 0.300. The molecule has 0 saturated heterocycles.